The monoisotopic (exact) mass is 418 g/mol. The first-order chi connectivity index (χ1) is 12.1. The van der Waals surface area contributed by atoms with Crippen molar-refractivity contribution in [3.8, 4) is 22.9 Å². The quantitative estimate of drug-likeness (QED) is 0.496. The van der Waals surface area contributed by atoms with Crippen LogP contribution in [0, 0.1) is 4.77 Å². The molecule has 0 saturated carbocycles. The molecule has 0 atom stereocenters. The summed E-state index contributed by atoms with van der Waals surface area (Å²) in [6, 6.07) is 13.3. The standard InChI is InChI=1S/C17H15BrN4O2S/c1-23-14-8-3-11(9-15(14)24-2)10-19-22-16(20-21-17(22)25)12-4-6-13(18)7-5-12/h3-10H,1-2H3,(H,21,25)/b19-10-. The Hall–Kier alpha value is -2.45. The van der Waals surface area contributed by atoms with Crippen LogP contribution in [0.2, 0.25) is 0 Å². The predicted molar refractivity (Wildman–Crippen MR) is 103 cm³/mol. The number of aromatic amines is 1. The molecule has 0 spiro atoms. The maximum Gasteiger partial charge on any atom is 0.216 e. The number of hydrogen-bond donors (Lipinski definition) is 1. The van der Waals surface area contributed by atoms with Crippen LogP contribution in [0.3, 0.4) is 0 Å². The molecule has 3 rings (SSSR count). The second-order valence-corrected chi connectivity index (χ2v) is 6.33. The summed E-state index contributed by atoms with van der Waals surface area (Å²) < 4.78 is 13.5. The Kier molecular flexibility index (Phi) is 5.30. The molecule has 0 fully saturated rings. The zero-order chi connectivity index (χ0) is 17.8. The second-order valence-electron chi connectivity index (χ2n) is 5.03. The fourth-order valence-electron chi connectivity index (χ4n) is 2.24. The van der Waals surface area contributed by atoms with Gasteiger partial charge in [-0.05, 0) is 48.1 Å². The zero-order valence-corrected chi connectivity index (χ0v) is 16.0. The van der Waals surface area contributed by atoms with Gasteiger partial charge in [-0.3, -0.25) is 0 Å². The molecular formula is C17H15BrN4O2S. The molecule has 0 aliphatic heterocycles. The van der Waals surface area contributed by atoms with Gasteiger partial charge in [0.05, 0.1) is 20.4 Å². The molecule has 6 nitrogen and oxygen atoms in total. The number of ether oxygens (including phenoxy) is 2. The maximum atomic E-state index is 5.30. The van der Waals surface area contributed by atoms with E-state index in [-0.39, 0.29) is 0 Å². The highest BCUT2D eigenvalue weighted by molar-refractivity contribution is 9.10. The molecule has 25 heavy (non-hydrogen) atoms. The maximum absolute atomic E-state index is 5.30. The number of benzene rings is 2. The third-order valence-corrected chi connectivity index (χ3v) is 4.28. The third-order valence-electron chi connectivity index (χ3n) is 3.48. The second kappa shape index (κ2) is 7.62. The molecule has 1 heterocycles. The Balaban J connectivity index is 1.96. The highest BCUT2D eigenvalue weighted by atomic mass is 79.9. The van der Waals surface area contributed by atoms with Gasteiger partial charge < -0.3 is 9.47 Å². The lowest BCUT2D eigenvalue weighted by molar-refractivity contribution is 0.355. The van der Waals surface area contributed by atoms with Crippen molar-refractivity contribution >= 4 is 34.4 Å². The van der Waals surface area contributed by atoms with Gasteiger partial charge in [-0.1, -0.05) is 28.1 Å². The Bertz CT molecular complexity index is 964. The van der Waals surface area contributed by atoms with Crippen molar-refractivity contribution in [1.29, 1.82) is 0 Å². The molecule has 0 bridgehead atoms. The number of halogens is 1. The van der Waals surface area contributed by atoms with Gasteiger partial charge >= 0.3 is 0 Å². The van der Waals surface area contributed by atoms with E-state index < -0.39 is 0 Å². The molecule has 1 aromatic heterocycles. The summed E-state index contributed by atoms with van der Waals surface area (Å²) in [6.45, 7) is 0. The van der Waals surface area contributed by atoms with Crippen LogP contribution in [0.25, 0.3) is 11.4 Å². The van der Waals surface area contributed by atoms with Crippen LogP contribution in [-0.2, 0) is 0 Å². The van der Waals surface area contributed by atoms with E-state index in [1.165, 1.54) is 0 Å². The van der Waals surface area contributed by atoms with Gasteiger partial charge in [0, 0.05) is 10.0 Å². The van der Waals surface area contributed by atoms with E-state index in [4.69, 9.17) is 21.7 Å². The molecule has 0 aliphatic rings. The normalized spacial score (nSPS) is 11.0. The minimum atomic E-state index is 0.412. The first kappa shape index (κ1) is 17.4. The van der Waals surface area contributed by atoms with E-state index in [2.05, 4.69) is 31.2 Å². The summed E-state index contributed by atoms with van der Waals surface area (Å²) in [7, 11) is 3.19. The fraction of sp³-hybridized carbons (Fsp3) is 0.118. The SMILES string of the molecule is COc1ccc(/C=N\n2c(-c3ccc(Br)cc3)n[nH]c2=S)cc1OC. The summed E-state index contributed by atoms with van der Waals surface area (Å²) in [6.07, 6.45) is 1.69. The van der Waals surface area contributed by atoms with E-state index in [9.17, 15) is 0 Å². The van der Waals surface area contributed by atoms with Crippen molar-refractivity contribution in [2.24, 2.45) is 5.10 Å². The Morgan fingerprint density at radius 2 is 1.84 bits per heavy atom. The van der Waals surface area contributed by atoms with E-state index in [0.717, 1.165) is 15.6 Å². The molecule has 0 aliphatic carbocycles. The van der Waals surface area contributed by atoms with Crippen molar-refractivity contribution in [3.63, 3.8) is 0 Å². The average Bonchev–Trinajstić information content (AvgIpc) is 3.01. The summed E-state index contributed by atoms with van der Waals surface area (Å²) in [4.78, 5) is 0. The van der Waals surface area contributed by atoms with E-state index in [1.807, 2.05) is 42.5 Å². The topological polar surface area (TPSA) is 64.4 Å². The first-order valence-electron chi connectivity index (χ1n) is 7.32. The van der Waals surface area contributed by atoms with Crippen molar-refractivity contribution in [3.05, 3.63) is 57.3 Å². The summed E-state index contributed by atoms with van der Waals surface area (Å²) in [5, 5.41) is 11.5. The Morgan fingerprint density at radius 3 is 2.52 bits per heavy atom. The smallest absolute Gasteiger partial charge is 0.216 e. The molecule has 0 saturated heterocycles. The van der Waals surface area contributed by atoms with E-state index in [1.54, 1.807) is 25.1 Å². The van der Waals surface area contributed by atoms with E-state index in [0.29, 0.717) is 22.1 Å². The fourth-order valence-corrected chi connectivity index (χ4v) is 2.69. The summed E-state index contributed by atoms with van der Waals surface area (Å²) in [5.74, 6) is 1.93. The van der Waals surface area contributed by atoms with Gasteiger partial charge in [0.15, 0.2) is 17.3 Å². The van der Waals surface area contributed by atoms with Crippen LogP contribution in [0.5, 0.6) is 11.5 Å². The van der Waals surface area contributed by atoms with Crippen molar-refractivity contribution in [2.45, 2.75) is 0 Å². The molecule has 1 N–H and O–H groups in total. The number of nitrogens with one attached hydrogen (secondary N) is 1. The summed E-state index contributed by atoms with van der Waals surface area (Å²) in [5.41, 5.74) is 1.75. The van der Waals surface area contributed by atoms with Gasteiger partial charge in [-0.25, -0.2) is 5.10 Å². The Morgan fingerprint density at radius 1 is 1.12 bits per heavy atom. The lowest BCUT2D eigenvalue weighted by atomic mass is 10.2. The summed E-state index contributed by atoms with van der Waals surface area (Å²) >= 11 is 8.70. The molecule has 8 heteroatoms. The highest BCUT2D eigenvalue weighted by Crippen LogP contribution is 2.27. The first-order valence-corrected chi connectivity index (χ1v) is 8.52. The number of nitrogens with zero attached hydrogens (tertiary/aromatic N) is 3. The average molecular weight is 419 g/mol. The number of H-pyrrole nitrogens is 1. The molecule has 128 valence electrons. The number of aromatic nitrogens is 3. The van der Waals surface area contributed by atoms with Crippen LogP contribution >= 0.6 is 28.1 Å². The van der Waals surface area contributed by atoms with Gasteiger partial charge in [0.25, 0.3) is 0 Å². The van der Waals surface area contributed by atoms with Crippen molar-refractivity contribution < 1.29 is 9.47 Å². The van der Waals surface area contributed by atoms with Crippen molar-refractivity contribution in [1.82, 2.24) is 14.9 Å². The molecule has 3 aromatic rings. The van der Waals surface area contributed by atoms with Gasteiger partial charge in [-0.15, -0.1) is 0 Å². The lowest BCUT2D eigenvalue weighted by Gasteiger charge is -2.07. The number of methoxy groups -OCH3 is 2. The molecule has 0 unspecified atom stereocenters. The van der Waals surface area contributed by atoms with Crippen LogP contribution in [0.15, 0.2) is 52.0 Å². The lowest BCUT2D eigenvalue weighted by Crippen LogP contribution is -1.96. The third kappa shape index (κ3) is 3.80. The molecule has 2 aromatic carbocycles. The van der Waals surface area contributed by atoms with Crippen LogP contribution in [0.4, 0.5) is 0 Å². The van der Waals surface area contributed by atoms with Crippen LogP contribution < -0.4 is 9.47 Å². The highest BCUT2D eigenvalue weighted by Gasteiger charge is 2.08. The number of rotatable bonds is 5. The molecule has 0 radical (unpaired) electrons. The molecule has 0 amide bonds. The van der Waals surface area contributed by atoms with Gasteiger partial charge in [-0.2, -0.15) is 14.9 Å². The van der Waals surface area contributed by atoms with Crippen LogP contribution in [0.1, 0.15) is 5.56 Å². The zero-order valence-electron chi connectivity index (χ0n) is 13.6. The largest absolute Gasteiger partial charge is 0.493 e. The Labute approximate surface area is 158 Å². The van der Waals surface area contributed by atoms with Crippen LogP contribution in [-0.4, -0.2) is 35.3 Å². The predicted octanol–water partition coefficient (Wildman–Crippen LogP) is 4.27. The molecular weight excluding hydrogens is 404 g/mol. The van der Waals surface area contributed by atoms with Crippen molar-refractivity contribution in [2.75, 3.05) is 14.2 Å². The van der Waals surface area contributed by atoms with Gasteiger partial charge in [0.1, 0.15) is 0 Å². The minimum Gasteiger partial charge on any atom is -0.493 e. The van der Waals surface area contributed by atoms with Gasteiger partial charge in [0.2, 0.25) is 4.77 Å². The minimum absolute atomic E-state index is 0.412. The van der Waals surface area contributed by atoms with E-state index >= 15 is 0 Å². The number of hydrogen-bond acceptors (Lipinski definition) is 5.